The van der Waals surface area contributed by atoms with Gasteiger partial charge in [-0.05, 0) is 30.7 Å². The highest BCUT2D eigenvalue weighted by atomic mass is 32.2. The molecule has 2 aliphatic rings. The summed E-state index contributed by atoms with van der Waals surface area (Å²) in [4.78, 5) is 20.6. The smallest absolute Gasteiger partial charge is 0.250 e. The van der Waals surface area contributed by atoms with Gasteiger partial charge >= 0.3 is 0 Å². The van der Waals surface area contributed by atoms with Crippen LogP contribution in [0.25, 0.3) is 0 Å². The number of thioether (sulfide) groups is 1. The number of hydrogen-bond donors (Lipinski definition) is 0. The molecule has 3 rings (SSSR count). The van der Waals surface area contributed by atoms with E-state index in [4.69, 9.17) is 0 Å². The predicted octanol–water partition coefficient (Wildman–Crippen LogP) is 2.40. The number of nitrogens with zero attached hydrogens (tertiary/aromatic N) is 3. The molecule has 0 bridgehead atoms. The van der Waals surface area contributed by atoms with Gasteiger partial charge in [-0.1, -0.05) is 25.6 Å². The molecular weight excluding hydrogens is 370 g/mol. The molecule has 26 heavy (non-hydrogen) atoms. The summed E-state index contributed by atoms with van der Waals surface area (Å²) in [7, 11) is 0.889. The summed E-state index contributed by atoms with van der Waals surface area (Å²) in [6, 6.07) is 7.74. The SMILES string of the molecule is CCC(C)C(=O)N=C1SC2CS(=O)(=O)CC2N1c1ccc(N(C)C)cc1. The molecule has 0 N–H and O–H groups in total. The molecule has 8 heteroatoms. The maximum absolute atomic E-state index is 12.3. The van der Waals surface area contributed by atoms with E-state index in [-0.39, 0.29) is 34.6 Å². The van der Waals surface area contributed by atoms with Crippen LogP contribution in [0.1, 0.15) is 20.3 Å². The molecule has 0 aromatic heterocycles. The van der Waals surface area contributed by atoms with Crippen LogP contribution in [0.2, 0.25) is 0 Å². The van der Waals surface area contributed by atoms with Gasteiger partial charge in [0.25, 0.3) is 5.91 Å². The highest BCUT2D eigenvalue weighted by Gasteiger charge is 2.49. The molecule has 3 unspecified atom stereocenters. The molecule has 0 aliphatic carbocycles. The Balaban J connectivity index is 1.97. The second-order valence-electron chi connectivity index (χ2n) is 7.12. The number of sulfone groups is 1. The average Bonchev–Trinajstić information content (AvgIpc) is 3.04. The van der Waals surface area contributed by atoms with Crippen LogP contribution in [0, 0.1) is 5.92 Å². The molecule has 0 radical (unpaired) electrons. The summed E-state index contributed by atoms with van der Waals surface area (Å²) in [6.07, 6.45) is 0.735. The fourth-order valence-electron chi connectivity index (χ4n) is 3.16. The highest BCUT2D eigenvalue weighted by molar-refractivity contribution is 8.16. The normalized spacial score (nSPS) is 26.8. The molecule has 6 nitrogen and oxygen atoms in total. The van der Waals surface area contributed by atoms with Crippen molar-refractivity contribution >= 4 is 44.0 Å². The molecular formula is C18H25N3O3S2. The van der Waals surface area contributed by atoms with Crippen molar-refractivity contribution in [2.24, 2.45) is 10.9 Å². The zero-order chi connectivity index (χ0) is 19.1. The topological polar surface area (TPSA) is 70.0 Å². The van der Waals surface area contributed by atoms with Crippen molar-refractivity contribution in [1.82, 2.24) is 0 Å². The number of fused-ring (bicyclic) bond motifs is 1. The quantitative estimate of drug-likeness (QED) is 0.780. The van der Waals surface area contributed by atoms with Crippen molar-refractivity contribution in [2.45, 2.75) is 31.6 Å². The minimum Gasteiger partial charge on any atom is -0.378 e. The number of rotatable bonds is 4. The van der Waals surface area contributed by atoms with E-state index in [0.717, 1.165) is 17.8 Å². The molecule has 142 valence electrons. The highest BCUT2D eigenvalue weighted by Crippen LogP contribution is 2.41. The second kappa shape index (κ2) is 7.23. The van der Waals surface area contributed by atoms with Gasteiger partial charge in [-0.3, -0.25) is 4.79 Å². The van der Waals surface area contributed by atoms with Gasteiger partial charge in [0.2, 0.25) is 0 Å². The van der Waals surface area contributed by atoms with Gasteiger partial charge in [0.1, 0.15) is 0 Å². The maximum atomic E-state index is 12.3. The fourth-order valence-corrected chi connectivity index (χ4v) is 7.08. The van der Waals surface area contributed by atoms with Crippen molar-refractivity contribution in [3.8, 4) is 0 Å². The van der Waals surface area contributed by atoms with Crippen molar-refractivity contribution in [1.29, 1.82) is 0 Å². The first-order valence-electron chi connectivity index (χ1n) is 8.78. The summed E-state index contributed by atoms with van der Waals surface area (Å²) >= 11 is 1.42. The van der Waals surface area contributed by atoms with Crippen molar-refractivity contribution < 1.29 is 13.2 Å². The first-order chi connectivity index (χ1) is 12.2. The number of hydrogen-bond acceptors (Lipinski definition) is 5. The van der Waals surface area contributed by atoms with E-state index in [1.807, 2.05) is 62.0 Å². The van der Waals surface area contributed by atoms with Crippen LogP contribution in [0.15, 0.2) is 29.3 Å². The first-order valence-corrected chi connectivity index (χ1v) is 11.5. The van der Waals surface area contributed by atoms with Crippen LogP contribution in [0.3, 0.4) is 0 Å². The number of amidine groups is 1. The van der Waals surface area contributed by atoms with Gasteiger partial charge in [-0.2, -0.15) is 4.99 Å². The molecule has 1 aromatic rings. The summed E-state index contributed by atoms with van der Waals surface area (Å²) < 4.78 is 24.2. The van der Waals surface area contributed by atoms with Crippen LogP contribution < -0.4 is 9.80 Å². The third-order valence-corrected chi connectivity index (χ3v) is 8.16. The van der Waals surface area contributed by atoms with Crippen LogP contribution in [0.4, 0.5) is 11.4 Å². The van der Waals surface area contributed by atoms with Crippen molar-refractivity contribution in [3.63, 3.8) is 0 Å². The Morgan fingerprint density at radius 3 is 2.54 bits per heavy atom. The van der Waals surface area contributed by atoms with E-state index in [9.17, 15) is 13.2 Å². The number of amides is 1. The van der Waals surface area contributed by atoms with E-state index < -0.39 is 9.84 Å². The van der Waals surface area contributed by atoms with E-state index in [1.54, 1.807) is 0 Å². The van der Waals surface area contributed by atoms with E-state index in [2.05, 4.69) is 4.99 Å². The predicted molar refractivity (Wildman–Crippen MR) is 109 cm³/mol. The summed E-state index contributed by atoms with van der Waals surface area (Å²) in [5.74, 6) is -0.0279. The van der Waals surface area contributed by atoms with Gasteiger partial charge in [-0.15, -0.1) is 0 Å². The Morgan fingerprint density at radius 2 is 1.96 bits per heavy atom. The van der Waals surface area contributed by atoms with Crippen molar-refractivity contribution in [2.75, 3.05) is 35.4 Å². The first kappa shape index (κ1) is 19.2. The van der Waals surface area contributed by atoms with Gasteiger partial charge in [0.05, 0.1) is 17.5 Å². The zero-order valence-corrected chi connectivity index (χ0v) is 17.2. The summed E-state index contributed by atoms with van der Waals surface area (Å²) in [6.45, 7) is 3.83. The average molecular weight is 396 g/mol. The van der Waals surface area contributed by atoms with Crippen LogP contribution in [-0.4, -0.2) is 56.4 Å². The lowest BCUT2D eigenvalue weighted by Crippen LogP contribution is -2.37. The summed E-state index contributed by atoms with van der Waals surface area (Å²) in [5.41, 5.74) is 1.94. The fraction of sp³-hybridized carbons (Fsp3) is 0.556. The molecule has 2 saturated heterocycles. The van der Waals surface area contributed by atoms with E-state index >= 15 is 0 Å². The number of carbonyl (C=O) groups is 1. The van der Waals surface area contributed by atoms with Gasteiger partial charge in [-0.25, -0.2) is 8.42 Å². The molecule has 3 atom stereocenters. The molecule has 2 aliphatic heterocycles. The second-order valence-corrected chi connectivity index (χ2v) is 10.5. The Bertz CT molecular complexity index is 819. The van der Waals surface area contributed by atoms with Gasteiger partial charge < -0.3 is 9.80 Å². The van der Waals surface area contributed by atoms with Crippen LogP contribution in [0.5, 0.6) is 0 Å². The lowest BCUT2D eigenvalue weighted by molar-refractivity contribution is -0.121. The molecule has 0 saturated carbocycles. The lowest BCUT2D eigenvalue weighted by Gasteiger charge is -2.25. The third-order valence-electron chi connectivity index (χ3n) is 4.95. The molecule has 0 spiro atoms. The number of carbonyl (C=O) groups excluding carboxylic acids is 1. The molecule has 1 amide bonds. The Kier molecular flexibility index (Phi) is 5.35. The zero-order valence-electron chi connectivity index (χ0n) is 15.5. The Hall–Kier alpha value is -1.54. The number of aliphatic imine (C=N–C) groups is 1. The standard InChI is InChI=1S/C18H25N3O3S2/c1-5-12(2)17(22)19-18-21(14-8-6-13(7-9-14)20(3)4)15-10-26(23,24)11-16(15)25-18/h6-9,12,15-16H,5,10-11H2,1-4H3. The minimum absolute atomic E-state index is 0.0722. The van der Waals surface area contributed by atoms with E-state index in [0.29, 0.717) is 5.17 Å². The number of anilines is 2. The van der Waals surface area contributed by atoms with Crippen molar-refractivity contribution in [3.05, 3.63) is 24.3 Å². The molecule has 2 fully saturated rings. The molecule has 1 aromatic carbocycles. The van der Waals surface area contributed by atoms with Gasteiger partial charge in [0, 0.05) is 36.6 Å². The minimum atomic E-state index is -3.05. The van der Waals surface area contributed by atoms with Crippen LogP contribution in [-0.2, 0) is 14.6 Å². The largest absolute Gasteiger partial charge is 0.378 e. The van der Waals surface area contributed by atoms with Crippen LogP contribution >= 0.6 is 11.8 Å². The summed E-state index contributed by atoms with van der Waals surface area (Å²) in [5, 5.41) is 0.551. The van der Waals surface area contributed by atoms with E-state index in [1.165, 1.54) is 11.8 Å². The third kappa shape index (κ3) is 3.76. The monoisotopic (exact) mass is 395 g/mol. The molecule has 2 heterocycles. The number of benzene rings is 1. The Morgan fingerprint density at radius 1 is 1.31 bits per heavy atom. The lowest BCUT2D eigenvalue weighted by atomic mass is 10.1. The Labute approximate surface area is 159 Å². The maximum Gasteiger partial charge on any atom is 0.250 e. The van der Waals surface area contributed by atoms with Gasteiger partial charge in [0.15, 0.2) is 15.0 Å².